The third kappa shape index (κ3) is 2.64. The zero-order valence-electron chi connectivity index (χ0n) is 11.0. The van der Waals surface area contributed by atoms with Crippen molar-refractivity contribution in [3.8, 4) is 0 Å². The van der Waals surface area contributed by atoms with Gasteiger partial charge in [0, 0.05) is 19.6 Å². The number of hydrogen-bond donors (Lipinski definition) is 2. The van der Waals surface area contributed by atoms with Crippen molar-refractivity contribution in [1.29, 1.82) is 0 Å². The van der Waals surface area contributed by atoms with Crippen LogP contribution >= 0.6 is 0 Å². The first kappa shape index (κ1) is 13.6. The fourth-order valence-corrected chi connectivity index (χ4v) is 2.63. The lowest BCUT2D eigenvalue weighted by Gasteiger charge is -2.40. The second kappa shape index (κ2) is 5.46. The average Bonchev–Trinajstić information content (AvgIpc) is 2.41. The summed E-state index contributed by atoms with van der Waals surface area (Å²) < 4.78 is 0. The Hall–Kier alpha value is -1.79. The molecule has 0 bridgehead atoms. The quantitative estimate of drug-likeness (QED) is 0.693. The Morgan fingerprint density at radius 2 is 2.00 bits per heavy atom. The number of aliphatic carboxylic acids is 1. The molecule has 106 valence electrons. The number of piperazine rings is 1. The molecular weight excluding hydrogens is 250 g/mol. The van der Waals surface area contributed by atoms with Gasteiger partial charge in [-0.25, -0.2) is 9.59 Å². The molecule has 7 nitrogen and oxygen atoms in total. The second-order valence-corrected chi connectivity index (χ2v) is 4.99. The van der Waals surface area contributed by atoms with Crippen molar-refractivity contribution >= 4 is 17.9 Å². The average molecular weight is 269 g/mol. The molecule has 0 spiro atoms. The monoisotopic (exact) mass is 269 g/mol. The third-order valence-corrected chi connectivity index (χ3v) is 3.78. The SMILES string of the molecule is CC1C(=O)NCCN1C(=O)N1CCCCC1C(=O)O. The van der Waals surface area contributed by atoms with Crippen LogP contribution in [0.1, 0.15) is 26.2 Å². The molecule has 2 fully saturated rings. The molecule has 7 heteroatoms. The minimum atomic E-state index is -0.970. The van der Waals surface area contributed by atoms with Crippen LogP contribution in [0.3, 0.4) is 0 Å². The van der Waals surface area contributed by atoms with Gasteiger partial charge < -0.3 is 20.2 Å². The summed E-state index contributed by atoms with van der Waals surface area (Å²) in [7, 11) is 0. The van der Waals surface area contributed by atoms with E-state index in [1.807, 2.05) is 0 Å². The third-order valence-electron chi connectivity index (χ3n) is 3.78. The van der Waals surface area contributed by atoms with E-state index in [1.165, 1.54) is 9.80 Å². The van der Waals surface area contributed by atoms with Crippen molar-refractivity contribution in [2.24, 2.45) is 0 Å². The van der Waals surface area contributed by atoms with Crippen molar-refractivity contribution in [3.63, 3.8) is 0 Å². The van der Waals surface area contributed by atoms with E-state index in [2.05, 4.69) is 5.32 Å². The number of amides is 3. The largest absolute Gasteiger partial charge is 0.480 e. The van der Waals surface area contributed by atoms with Crippen LogP contribution in [0.2, 0.25) is 0 Å². The van der Waals surface area contributed by atoms with Gasteiger partial charge in [-0.05, 0) is 26.2 Å². The first-order chi connectivity index (χ1) is 9.02. The summed E-state index contributed by atoms with van der Waals surface area (Å²) >= 11 is 0. The summed E-state index contributed by atoms with van der Waals surface area (Å²) in [4.78, 5) is 38.1. The lowest BCUT2D eigenvalue weighted by Crippen LogP contribution is -2.61. The summed E-state index contributed by atoms with van der Waals surface area (Å²) in [5.74, 6) is -1.16. The number of hydrogen-bond acceptors (Lipinski definition) is 3. The molecule has 0 aromatic heterocycles. The predicted octanol–water partition coefficient (Wildman–Crippen LogP) is -0.134. The molecular formula is C12H19N3O4. The van der Waals surface area contributed by atoms with Gasteiger partial charge in [-0.2, -0.15) is 0 Å². The Morgan fingerprint density at radius 3 is 2.68 bits per heavy atom. The Labute approximate surface area is 111 Å². The molecule has 0 aromatic carbocycles. The predicted molar refractivity (Wildman–Crippen MR) is 66.6 cm³/mol. The van der Waals surface area contributed by atoms with Gasteiger partial charge >= 0.3 is 12.0 Å². The van der Waals surface area contributed by atoms with Gasteiger partial charge in [-0.1, -0.05) is 0 Å². The molecule has 0 radical (unpaired) electrons. The Balaban J connectivity index is 2.12. The van der Waals surface area contributed by atoms with Crippen LogP contribution in [-0.2, 0) is 9.59 Å². The van der Waals surface area contributed by atoms with Crippen LogP contribution in [0.15, 0.2) is 0 Å². The molecule has 2 N–H and O–H groups in total. The number of likely N-dealkylation sites (tertiary alicyclic amines) is 1. The van der Waals surface area contributed by atoms with Gasteiger partial charge in [-0.3, -0.25) is 4.79 Å². The van der Waals surface area contributed by atoms with E-state index in [9.17, 15) is 19.5 Å². The van der Waals surface area contributed by atoms with Gasteiger partial charge in [0.2, 0.25) is 5.91 Å². The molecule has 2 atom stereocenters. The summed E-state index contributed by atoms with van der Waals surface area (Å²) in [5, 5.41) is 11.9. The zero-order valence-corrected chi connectivity index (χ0v) is 11.0. The van der Waals surface area contributed by atoms with Crippen LogP contribution in [0.25, 0.3) is 0 Å². The Morgan fingerprint density at radius 1 is 1.26 bits per heavy atom. The molecule has 0 aliphatic carbocycles. The smallest absolute Gasteiger partial charge is 0.326 e. The summed E-state index contributed by atoms with van der Waals surface area (Å²) in [6.45, 7) is 2.95. The lowest BCUT2D eigenvalue weighted by molar-refractivity contribution is -0.143. The fraction of sp³-hybridized carbons (Fsp3) is 0.750. The molecule has 0 saturated carbocycles. The maximum absolute atomic E-state index is 12.4. The van der Waals surface area contributed by atoms with E-state index in [0.29, 0.717) is 26.1 Å². The topological polar surface area (TPSA) is 90.0 Å². The van der Waals surface area contributed by atoms with Crippen LogP contribution in [0.4, 0.5) is 4.79 Å². The number of piperidine rings is 1. The molecule has 2 aliphatic heterocycles. The Kier molecular flexibility index (Phi) is 3.92. The van der Waals surface area contributed by atoms with E-state index in [1.54, 1.807) is 6.92 Å². The van der Waals surface area contributed by atoms with E-state index < -0.39 is 18.1 Å². The molecule has 2 rings (SSSR count). The van der Waals surface area contributed by atoms with Gasteiger partial charge in [0.25, 0.3) is 0 Å². The van der Waals surface area contributed by atoms with Crippen LogP contribution < -0.4 is 5.32 Å². The second-order valence-electron chi connectivity index (χ2n) is 4.99. The van der Waals surface area contributed by atoms with Gasteiger partial charge in [0.15, 0.2) is 0 Å². The van der Waals surface area contributed by atoms with Crippen molar-refractivity contribution in [2.45, 2.75) is 38.3 Å². The van der Waals surface area contributed by atoms with Crippen molar-refractivity contribution in [3.05, 3.63) is 0 Å². The molecule has 2 aliphatic rings. The van der Waals surface area contributed by atoms with Gasteiger partial charge in [-0.15, -0.1) is 0 Å². The lowest BCUT2D eigenvalue weighted by atomic mass is 10.0. The fourth-order valence-electron chi connectivity index (χ4n) is 2.63. The zero-order chi connectivity index (χ0) is 14.0. The van der Waals surface area contributed by atoms with Gasteiger partial charge in [0.05, 0.1) is 0 Å². The van der Waals surface area contributed by atoms with Crippen molar-refractivity contribution in [2.75, 3.05) is 19.6 Å². The number of urea groups is 1. The number of carbonyl (C=O) groups is 3. The highest BCUT2D eigenvalue weighted by Gasteiger charge is 2.38. The van der Waals surface area contributed by atoms with E-state index in [-0.39, 0.29) is 11.9 Å². The normalized spacial score (nSPS) is 27.9. The molecule has 0 aromatic rings. The highest BCUT2D eigenvalue weighted by molar-refractivity contribution is 5.89. The number of rotatable bonds is 1. The summed E-state index contributed by atoms with van der Waals surface area (Å²) in [5.41, 5.74) is 0. The maximum Gasteiger partial charge on any atom is 0.326 e. The van der Waals surface area contributed by atoms with Crippen LogP contribution in [0, 0.1) is 0 Å². The number of nitrogens with one attached hydrogen (secondary N) is 1. The molecule has 2 saturated heterocycles. The minimum absolute atomic E-state index is 0.191. The first-order valence-electron chi connectivity index (χ1n) is 6.60. The number of carboxylic acid groups (broad SMARTS) is 1. The van der Waals surface area contributed by atoms with Crippen molar-refractivity contribution < 1.29 is 19.5 Å². The molecule has 3 amide bonds. The minimum Gasteiger partial charge on any atom is -0.480 e. The molecule has 19 heavy (non-hydrogen) atoms. The maximum atomic E-state index is 12.4. The highest BCUT2D eigenvalue weighted by Crippen LogP contribution is 2.20. The molecule has 2 unspecified atom stereocenters. The molecule has 2 heterocycles. The summed E-state index contributed by atoms with van der Waals surface area (Å²) in [6, 6.07) is -1.65. The van der Waals surface area contributed by atoms with Crippen LogP contribution in [-0.4, -0.2) is 64.5 Å². The Bertz CT molecular complexity index is 398. The number of nitrogens with zero attached hydrogens (tertiary/aromatic N) is 2. The van der Waals surface area contributed by atoms with Crippen molar-refractivity contribution in [1.82, 2.24) is 15.1 Å². The number of carbonyl (C=O) groups excluding carboxylic acids is 2. The highest BCUT2D eigenvalue weighted by atomic mass is 16.4. The standard InChI is InChI=1S/C12H19N3O4/c1-8-10(16)13-5-7-14(8)12(19)15-6-3-2-4-9(15)11(17)18/h8-9H,2-7H2,1H3,(H,13,16)(H,17,18). The van der Waals surface area contributed by atoms with E-state index in [4.69, 9.17) is 0 Å². The van der Waals surface area contributed by atoms with E-state index >= 15 is 0 Å². The van der Waals surface area contributed by atoms with Gasteiger partial charge in [0.1, 0.15) is 12.1 Å². The number of carboxylic acids is 1. The van der Waals surface area contributed by atoms with E-state index in [0.717, 1.165) is 12.8 Å². The summed E-state index contributed by atoms with van der Waals surface area (Å²) in [6.07, 6.45) is 2.11. The van der Waals surface area contributed by atoms with Crippen LogP contribution in [0.5, 0.6) is 0 Å². The first-order valence-corrected chi connectivity index (χ1v) is 6.60.